The Morgan fingerprint density at radius 1 is 1.20 bits per heavy atom. The molecule has 2 rings (SSSR count). The van der Waals surface area contributed by atoms with Crippen LogP contribution in [0, 0.1) is 12.7 Å². The molecule has 0 saturated heterocycles. The third-order valence-corrected chi connectivity index (χ3v) is 3.58. The van der Waals surface area contributed by atoms with Gasteiger partial charge in [0, 0.05) is 11.1 Å². The summed E-state index contributed by atoms with van der Waals surface area (Å²) in [6.07, 6.45) is 1.74. The Bertz CT molecular complexity index is 803. The van der Waals surface area contributed by atoms with Gasteiger partial charge in [-0.15, -0.1) is 0 Å². The normalized spacial score (nSPS) is 12.0. The third-order valence-electron chi connectivity index (χ3n) is 3.34. The molecule has 0 aromatic heterocycles. The number of anilines is 1. The quantitative estimate of drug-likeness (QED) is 0.635. The molecular formula is C19H17ClFNO3. The SMILES string of the molecule is Cc1ccc(/C=C/C(=O)O[C@@H](C)C(=O)Nc2ccc(Cl)cc2F)cc1. The molecule has 0 aliphatic carbocycles. The summed E-state index contributed by atoms with van der Waals surface area (Å²) in [5, 5.41) is 2.57. The lowest BCUT2D eigenvalue weighted by Gasteiger charge is -2.13. The van der Waals surface area contributed by atoms with Crippen molar-refractivity contribution in [2.45, 2.75) is 20.0 Å². The summed E-state index contributed by atoms with van der Waals surface area (Å²) >= 11 is 5.65. The molecule has 2 aromatic carbocycles. The summed E-state index contributed by atoms with van der Waals surface area (Å²) in [7, 11) is 0. The van der Waals surface area contributed by atoms with Crippen molar-refractivity contribution >= 4 is 35.2 Å². The molecule has 0 aliphatic heterocycles. The number of nitrogens with one attached hydrogen (secondary N) is 1. The second-order valence-corrected chi connectivity index (χ2v) is 5.87. The fourth-order valence-electron chi connectivity index (χ4n) is 1.93. The zero-order valence-corrected chi connectivity index (χ0v) is 14.5. The van der Waals surface area contributed by atoms with Gasteiger partial charge in [0.25, 0.3) is 5.91 Å². The van der Waals surface area contributed by atoms with Crippen molar-refractivity contribution in [1.82, 2.24) is 0 Å². The van der Waals surface area contributed by atoms with E-state index in [9.17, 15) is 14.0 Å². The van der Waals surface area contributed by atoms with E-state index in [1.165, 1.54) is 25.1 Å². The molecule has 0 heterocycles. The van der Waals surface area contributed by atoms with E-state index in [2.05, 4.69) is 5.32 Å². The van der Waals surface area contributed by atoms with Crippen LogP contribution >= 0.6 is 11.6 Å². The number of carbonyl (C=O) groups excluding carboxylic acids is 2. The van der Waals surface area contributed by atoms with E-state index in [1.54, 1.807) is 6.08 Å². The highest BCUT2D eigenvalue weighted by molar-refractivity contribution is 6.30. The topological polar surface area (TPSA) is 55.4 Å². The molecule has 25 heavy (non-hydrogen) atoms. The highest BCUT2D eigenvalue weighted by Crippen LogP contribution is 2.19. The number of aryl methyl sites for hydroxylation is 1. The fourth-order valence-corrected chi connectivity index (χ4v) is 2.09. The maximum absolute atomic E-state index is 13.7. The molecule has 0 unspecified atom stereocenters. The maximum atomic E-state index is 13.7. The summed E-state index contributed by atoms with van der Waals surface area (Å²) in [5.41, 5.74) is 1.91. The highest BCUT2D eigenvalue weighted by atomic mass is 35.5. The molecule has 0 saturated carbocycles. The van der Waals surface area contributed by atoms with Crippen LogP contribution in [0.15, 0.2) is 48.5 Å². The van der Waals surface area contributed by atoms with E-state index in [4.69, 9.17) is 16.3 Å². The smallest absolute Gasteiger partial charge is 0.331 e. The molecular weight excluding hydrogens is 345 g/mol. The number of benzene rings is 2. The van der Waals surface area contributed by atoms with Gasteiger partial charge in [0.1, 0.15) is 5.82 Å². The monoisotopic (exact) mass is 361 g/mol. The molecule has 130 valence electrons. The van der Waals surface area contributed by atoms with Crippen molar-refractivity contribution < 1.29 is 18.7 Å². The predicted molar refractivity (Wildman–Crippen MR) is 95.8 cm³/mol. The minimum absolute atomic E-state index is 0.0347. The van der Waals surface area contributed by atoms with Crippen LogP contribution in [0.25, 0.3) is 6.08 Å². The molecule has 1 atom stereocenters. The molecule has 0 bridgehead atoms. The van der Waals surface area contributed by atoms with Crippen molar-refractivity contribution in [2.75, 3.05) is 5.32 Å². The lowest BCUT2D eigenvalue weighted by Crippen LogP contribution is -2.29. The minimum Gasteiger partial charge on any atom is -0.449 e. The van der Waals surface area contributed by atoms with Crippen LogP contribution in [-0.2, 0) is 14.3 Å². The Morgan fingerprint density at radius 3 is 2.52 bits per heavy atom. The van der Waals surface area contributed by atoms with Gasteiger partial charge in [0.05, 0.1) is 5.69 Å². The average molecular weight is 362 g/mol. The van der Waals surface area contributed by atoms with E-state index in [0.29, 0.717) is 0 Å². The first kappa shape index (κ1) is 18.7. The number of ether oxygens (including phenoxy) is 1. The molecule has 4 nitrogen and oxygen atoms in total. The van der Waals surface area contributed by atoms with Crippen molar-refractivity contribution in [3.63, 3.8) is 0 Å². The van der Waals surface area contributed by atoms with E-state index >= 15 is 0 Å². The predicted octanol–water partition coefficient (Wildman–Crippen LogP) is 4.37. The van der Waals surface area contributed by atoms with E-state index in [-0.39, 0.29) is 10.7 Å². The second kappa shape index (κ2) is 8.44. The first-order valence-electron chi connectivity index (χ1n) is 7.56. The van der Waals surface area contributed by atoms with Gasteiger partial charge in [-0.3, -0.25) is 4.79 Å². The second-order valence-electron chi connectivity index (χ2n) is 5.44. The largest absolute Gasteiger partial charge is 0.449 e. The van der Waals surface area contributed by atoms with Crippen molar-refractivity contribution in [3.8, 4) is 0 Å². The molecule has 0 radical (unpaired) electrons. The number of esters is 1. The van der Waals surface area contributed by atoms with Crippen LogP contribution in [0.2, 0.25) is 5.02 Å². The molecule has 1 N–H and O–H groups in total. The summed E-state index contributed by atoms with van der Waals surface area (Å²) in [6, 6.07) is 11.4. The van der Waals surface area contributed by atoms with Gasteiger partial charge in [0.2, 0.25) is 0 Å². The van der Waals surface area contributed by atoms with Crippen LogP contribution in [0.3, 0.4) is 0 Å². The maximum Gasteiger partial charge on any atom is 0.331 e. The summed E-state index contributed by atoms with van der Waals surface area (Å²) in [6.45, 7) is 3.37. The molecule has 2 aromatic rings. The standard InChI is InChI=1S/C19H17ClFNO3/c1-12-3-5-14(6-4-12)7-10-18(23)25-13(2)19(24)22-17-9-8-15(20)11-16(17)21/h3-11,13H,1-2H3,(H,22,24)/b10-7+/t13-/m0/s1. The van der Waals surface area contributed by atoms with Crippen LogP contribution in [-0.4, -0.2) is 18.0 Å². The average Bonchev–Trinajstić information content (AvgIpc) is 2.56. The van der Waals surface area contributed by atoms with Gasteiger partial charge in [0.15, 0.2) is 6.10 Å². The van der Waals surface area contributed by atoms with Crippen molar-refractivity contribution in [1.29, 1.82) is 0 Å². The molecule has 0 spiro atoms. The fraction of sp³-hybridized carbons (Fsp3) is 0.158. The molecule has 0 fully saturated rings. The Hall–Kier alpha value is -2.66. The van der Waals surface area contributed by atoms with Crippen molar-refractivity contribution in [2.24, 2.45) is 0 Å². The van der Waals surface area contributed by atoms with Gasteiger partial charge in [-0.2, -0.15) is 0 Å². The lowest BCUT2D eigenvalue weighted by molar-refractivity contribution is -0.148. The van der Waals surface area contributed by atoms with Gasteiger partial charge in [-0.1, -0.05) is 41.4 Å². The Labute approximate surface area is 150 Å². The zero-order valence-electron chi connectivity index (χ0n) is 13.8. The lowest BCUT2D eigenvalue weighted by atomic mass is 10.1. The Balaban J connectivity index is 1.91. The van der Waals surface area contributed by atoms with Crippen LogP contribution in [0.4, 0.5) is 10.1 Å². The van der Waals surface area contributed by atoms with Gasteiger partial charge < -0.3 is 10.1 Å². The van der Waals surface area contributed by atoms with Crippen LogP contribution < -0.4 is 5.32 Å². The number of carbonyl (C=O) groups is 2. The van der Waals surface area contributed by atoms with Crippen LogP contribution in [0.1, 0.15) is 18.1 Å². The summed E-state index contributed by atoms with van der Waals surface area (Å²) in [5.74, 6) is -1.98. The first-order valence-corrected chi connectivity index (χ1v) is 7.94. The summed E-state index contributed by atoms with van der Waals surface area (Å²) in [4.78, 5) is 23.8. The number of rotatable bonds is 5. The highest BCUT2D eigenvalue weighted by Gasteiger charge is 2.18. The molecule has 0 aliphatic rings. The van der Waals surface area contributed by atoms with E-state index in [1.807, 2.05) is 31.2 Å². The Morgan fingerprint density at radius 2 is 1.88 bits per heavy atom. The number of hydrogen-bond donors (Lipinski definition) is 1. The van der Waals surface area contributed by atoms with Crippen LogP contribution in [0.5, 0.6) is 0 Å². The van der Waals surface area contributed by atoms with Gasteiger partial charge in [-0.25, -0.2) is 9.18 Å². The van der Waals surface area contributed by atoms with Crippen molar-refractivity contribution in [3.05, 3.63) is 70.5 Å². The number of hydrogen-bond acceptors (Lipinski definition) is 3. The number of amides is 1. The summed E-state index contributed by atoms with van der Waals surface area (Å²) < 4.78 is 18.7. The zero-order chi connectivity index (χ0) is 18.4. The third kappa shape index (κ3) is 5.72. The minimum atomic E-state index is -1.08. The first-order chi connectivity index (χ1) is 11.8. The molecule has 1 amide bonds. The van der Waals surface area contributed by atoms with Gasteiger partial charge >= 0.3 is 5.97 Å². The number of halogens is 2. The van der Waals surface area contributed by atoms with E-state index < -0.39 is 23.8 Å². The van der Waals surface area contributed by atoms with Gasteiger partial charge in [-0.05, 0) is 43.7 Å². The molecule has 6 heteroatoms. The Kier molecular flexibility index (Phi) is 6.31. The van der Waals surface area contributed by atoms with E-state index in [0.717, 1.165) is 17.2 Å².